The monoisotopic (exact) mass is 271 g/mol. The summed E-state index contributed by atoms with van der Waals surface area (Å²) in [5.74, 6) is 0.812. The van der Waals surface area contributed by atoms with E-state index in [4.69, 9.17) is 11.6 Å². The van der Waals surface area contributed by atoms with Crippen LogP contribution in [-0.4, -0.2) is 16.7 Å². The molecule has 0 bridgehead atoms. The normalized spacial score (nSPS) is 18.3. The highest BCUT2D eigenvalue weighted by atomic mass is 35.5. The van der Waals surface area contributed by atoms with Gasteiger partial charge in [-0.05, 0) is 36.1 Å². The molecule has 0 fully saturated rings. The van der Waals surface area contributed by atoms with Gasteiger partial charge in [0.15, 0.2) is 11.0 Å². The maximum absolute atomic E-state index is 5.76. The predicted molar refractivity (Wildman–Crippen MR) is 78.1 cm³/mol. The highest BCUT2D eigenvalue weighted by molar-refractivity contribution is 6.29. The molecule has 0 saturated carbocycles. The van der Waals surface area contributed by atoms with E-state index >= 15 is 0 Å². The minimum atomic E-state index is 0.415. The van der Waals surface area contributed by atoms with Crippen molar-refractivity contribution in [2.45, 2.75) is 12.8 Å². The Morgan fingerprint density at radius 2 is 1.89 bits per heavy atom. The second kappa shape index (κ2) is 5.41. The lowest BCUT2D eigenvalue weighted by molar-refractivity contribution is 0.942. The van der Waals surface area contributed by atoms with E-state index in [1.165, 1.54) is 11.1 Å². The zero-order chi connectivity index (χ0) is 13.1. The number of nitrogens with zero attached hydrogens (tertiary/aromatic N) is 3. The minimum Gasteiger partial charge on any atom is -0.327 e. The molecule has 96 valence electrons. The third-order valence-corrected chi connectivity index (χ3v) is 3.34. The van der Waals surface area contributed by atoms with Gasteiger partial charge in [-0.3, -0.25) is 0 Å². The largest absolute Gasteiger partial charge is 0.327 e. The lowest BCUT2D eigenvalue weighted by atomic mass is 9.98. The van der Waals surface area contributed by atoms with Crippen LogP contribution in [0.15, 0.2) is 59.9 Å². The summed E-state index contributed by atoms with van der Waals surface area (Å²) in [6, 6.07) is 3.64. The fourth-order valence-corrected chi connectivity index (χ4v) is 2.28. The van der Waals surface area contributed by atoms with Gasteiger partial charge in [-0.2, -0.15) is 0 Å². The van der Waals surface area contributed by atoms with Gasteiger partial charge in [-0.25, -0.2) is 0 Å². The molecule has 3 nitrogen and oxygen atoms in total. The summed E-state index contributed by atoms with van der Waals surface area (Å²) < 4.78 is 0. The van der Waals surface area contributed by atoms with Gasteiger partial charge in [0.05, 0.1) is 0 Å². The van der Waals surface area contributed by atoms with Crippen molar-refractivity contribution in [3.8, 4) is 0 Å². The Hall–Kier alpha value is -1.87. The first-order chi connectivity index (χ1) is 9.33. The lowest BCUT2D eigenvalue weighted by Gasteiger charge is -2.22. The first-order valence-electron chi connectivity index (χ1n) is 6.34. The molecule has 0 radical (unpaired) electrons. The van der Waals surface area contributed by atoms with Crippen LogP contribution in [0.25, 0.3) is 0 Å². The van der Waals surface area contributed by atoms with Gasteiger partial charge < -0.3 is 4.90 Å². The SMILES string of the molecule is Clc1ccc(N2C=C(C3=CCCC=C3)C=CC2)nn1. The molecular weight excluding hydrogens is 258 g/mol. The summed E-state index contributed by atoms with van der Waals surface area (Å²) in [5, 5.41) is 8.41. The number of allylic oxidation sites excluding steroid dienone is 6. The predicted octanol–water partition coefficient (Wildman–Crippen LogP) is 3.67. The molecule has 0 N–H and O–H groups in total. The van der Waals surface area contributed by atoms with E-state index in [0.29, 0.717) is 5.15 Å². The van der Waals surface area contributed by atoms with Crippen LogP contribution in [0.2, 0.25) is 5.15 Å². The van der Waals surface area contributed by atoms with Gasteiger partial charge in [0.2, 0.25) is 0 Å². The Balaban J connectivity index is 1.86. The average Bonchev–Trinajstić information content (AvgIpc) is 2.49. The van der Waals surface area contributed by atoms with Crippen molar-refractivity contribution >= 4 is 17.4 Å². The van der Waals surface area contributed by atoms with Crippen molar-refractivity contribution in [1.82, 2.24) is 10.2 Å². The highest BCUT2D eigenvalue weighted by Gasteiger charge is 2.11. The van der Waals surface area contributed by atoms with Gasteiger partial charge in [0, 0.05) is 12.7 Å². The zero-order valence-electron chi connectivity index (χ0n) is 10.5. The van der Waals surface area contributed by atoms with E-state index in [9.17, 15) is 0 Å². The highest BCUT2D eigenvalue weighted by Crippen LogP contribution is 2.24. The lowest BCUT2D eigenvalue weighted by Crippen LogP contribution is -2.21. The molecule has 2 aliphatic rings. The van der Waals surface area contributed by atoms with Crippen LogP contribution in [0.4, 0.5) is 5.82 Å². The van der Waals surface area contributed by atoms with Crippen molar-refractivity contribution in [2.24, 2.45) is 0 Å². The molecule has 0 amide bonds. The van der Waals surface area contributed by atoms with E-state index < -0.39 is 0 Å². The van der Waals surface area contributed by atoms with E-state index in [1.54, 1.807) is 6.07 Å². The second-order valence-electron chi connectivity index (χ2n) is 4.49. The molecule has 2 heterocycles. The van der Waals surface area contributed by atoms with Gasteiger partial charge in [-0.15, -0.1) is 10.2 Å². The smallest absolute Gasteiger partial charge is 0.155 e. The summed E-state index contributed by atoms with van der Waals surface area (Å²) in [7, 11) is 0. The molecule has 0 saturated heterocycles. The maximum Gasteiger partial charge on any atom is 0.155 e. The number of anilines is 1. The number of rotatable bonds is 2. The Bertz CT molecular complexity index is 582. The quantitative estimate of drug-likeness (QED) is 0.822. The molecule has 1 aromatic heterocycles. The summed E-state index contributed by atoms with van der Waals surface area (Å²) in [5.41, 5.74) is 2.48. The molecule has 1 aliphatic heterocycles. The van der Waals surface area contributed by atoms with Crippen LogP contribution in [0.3, 0.4) is 0 Å². The number of hydrogen-bond acceptors (Lipinski definition) is 3. The molecule has 0 spiro atoms. The molecule has 0 aromatic carbocycles. The Morgan fingerprint density at radius 3 is 2.63 bits per heavy atom. The van der Waals surface area contributed by atoms with Crippen LogP contribution < -0.4 is 4.90 Å². The van der Waals surface area contributed by atoms with Crippen molar-refractivity contribution in [1.29, 1.82) is 0 Å². The minimum absolute atomic E-state index is 0.415. The topological polar surface area (TPSA) is 29.0 Å². The fraction of sp³-hybridized carbons (Fsp3) is 0.200. The van der Waals surface area contributed by atoms with E-state index in [0.717, 1.165) is 25.2 Å². The molecule has 19 heavy (non-hydrogen) atoms. The first kappa shape index (κ1) is 12.2. The molecule has 3 rings (SSSR count). The molecule has 1 aliphatic carbocycles. The Kier molecular flexibility index (Phi) is 3.47. The van der Waals surface area contributed by atoms with Crippen LogP contribution in [-0.2, 0) is 0 Å². The van der Waals surface area contributed by atoms with Gasteiger partial charge in [-0.1, -0.05) is 42.0 Å². The number of halogens is 1. The van der Waals surface area contributed by atoms with Gasteiger partial charge >= 0.3 is 0 Å². The number of aromatic nitrogens is 2. The Morgan fingerprint density at radius 1 is 1.00 bits per heavy atom. The van der Waals surface area contributed by atoms with Crippen molar-refractivity contribution in [2.75, 3.05) is 11.4 Å². The third-order valence-electron chi connectivity index (χ3n) is 3.13. The molecule has 1 aromatic rings. The Labute approximate surface area is 117 Å². The van der Waals surface area contributed by atoms with Gasteiger partial charge in [0.25, 0.3) is 0 Å². The van der Waals surface area contributed by atoms with E-state index in [-0.39, 0.29) is 0 Å². The van der Waals surface area contributed by atoms with Crippen LogP contribution in [0.5, 0.6) is 0 Å². The summed E-state index contributed by atoms with van der Waals surface area (Å²) in [4.78, 5) is 2.07. The third kappa shape index (κ3) is 2.76. The summed E-state index contributed by atoms with van der Waals surface area (Å²) >= 11 is 5.76. The standard InChI is InChI=1S/C15H14ClN3/c16-14-8-9-15(18-17-14)19-10-4-7-13(11-19)12-5-2-1-3-6-12/h2,4-9,11H,1,3,10H2. The van der Waals surface area contributed by atoms with Crippen LogP contribution in [0, 0.1) is 0 Å². The fourth-order valence-electron chi connectivity index (χ4n) is 2.18. The van der Waals surface area contributed by atoms with Crippen molar-refractivity contribution in [3.63, 3.8) is 0 Å². The van der Waals surface area contributed by atoms with Crippen LogP contribution >= 0.6 is 11.6 Å². The molecule has 0 atom stereocenters. The van der Waals surface area contributed by atoms with E-state index in [2.05, 4.69) is 51.7 Å². The maximum atomic E-state index is 5.76. The average molecular weight is 272 g/mol. The molecule has 4 heteroatoms. The summed E-state index contributed by atoms with van der Waals surface area (Å²) in [6.07, 6.45) is 15.3. The summed E-state index contributed by atoms with van der Waals surface area (Å²) in [6.45, 7) is 0.802. The second-order valence-corrected chi connectivity index (χ2v) is 4.88. The first-order valence-corrected chi connectivity index (χ1v) is 6.72. The molecule has 0 unspecified atom stereocenters. The number of hydrogen-bond donors (Lipinski definition) is 0. The van der Waals surface area contributed by atoms with Gasteiger partial charge in [0.1, 0.15) is 0 Å². The zero-order valence-corrected chi connectivity index (χ0v) is 11.2. The van der Waals surface area contributed by atoms with Crippen molar-refractivity contribution < 1.29 is 0 Å². The van der Waals surface area contributed by atoms with Crippen LogP contribution in [0.1, 0.15) is 12.8 Å². The van der Waals surface area contributed by atoms with Crippen molar-refractivity contribution in [3.05, 3.63) is 65.0 Å². The molecular formula is C15H14ClN3. The van der Waals surface area contributed by atoms with E-state index in [1.807, 2.05) is 6.07 Å².